The Kier molecular flexibility index (Phi) is 4.61. The average Bonchev–Trinajstić information content (AvgIpc) is 3.07. The lowest BCUT2D eigenvalue weighted by Gasteiger charge is -2.54. The normalized spacial score (nSPS) is 38.8. The number of hydrogen-bond acceptors (Lipinski definition) is 2. The number of hydrogen-bond donors (Lipinski definition) is 0. The number of Topliss-reactive ketones (excluding diaryl/α,β-unsaturated/α-hetero) is 1. The summed E-state index contributed by atoms with van der Waals surface area (Å²) in [4.78, 5) is 15.6. The molecule has 0 radical (unpaired) electrons. The van der Waals surface area contributed by atoms with Crippen molar-refractivity contribution >= 4 is 17.4 Å². The van der Waals surface area contributed by atoms with Gasteiger partial charge in [-0.25, -0.2) is 0 Å². The van der Waals surface area contributed by atoms with Crippen molar-refractivity contribution in [2.24, 2.45) is 29.6 Å². The highest BCUT2D eigenvalue weighted by Crippen LogP contribution is 2.57. The molecular formula is C23H30ClNO. The van der Waals surface area contributed by atoms with Crippen LogP contribution in [0.15, 0.2) is 24.3 Å². The fourth-order valence-electron chi connectivity index (χ4n) is 6.94. The molecule has 6 rings (SSSR count). The summed E-state index contributed by atoms with van der Waals surface area (Å²) < 4.78 is 0. The van der Waals surface area contributed by atoms with Gasteiger partial charge in [-0.05, 0) is 98.8 Å². The number of carbonyl (C=O) groups is 1. The minimum absolute atomic E-state index is 0.155. The van der Waals surface area contributed by atoms with Gasteiger partial charge in [0.25, 0.3) is 0 Å². The maximum atomic E-state index is 13.2. The number of nitrogens with zero attached hydrogens (tertiary/aromatic N) is 1. The van der Waals surface area contributed by atoms with Gasteiger partial charge in [0.1, 0.15) is 5.78 Å². The summed E-state index contributed by atoms with van der Waals surface area (Å²) in [7, 11) is 0. The van der Waals surface area contributed by atoms with E-state index >= 15 is 0 Å². The zero-order valence-corrected chi connectivity index (χ0v) is 16.3. The molecule has 0 aromatic heterocycles. The zero-order valence-electron chi connectivity index (χ0n) is 15.6. The third kappa shape index (κ3) is 3.24. The molecule has 1 aromatic carbocycles. The Morgan fingerprint density at radius 3 is 2.31 bits per heavy atom. The van der Waals surface area contributed by atoms with E-state index in [1.54, 1.807) is 0 Å². The third-order valence-corrected chi connectivity index (χ3v) is 8.15. The van der Waals surface area contributed by atoms with Gasteiger partial charge in [-0.1, -0.05) is 23.7 Å². The minimum atomic E-state index is 0.155. The SMILES string of the molecule is O=C(CC1C2CC3CC(C2)CC1C3)[C@@H]1CCCN1Cc1ccc(Cl)cc1. The maximum absolute atomic E-state index is 13.2. The molecule has 1 heterocycles. The molecule has 5 fully saturated rings. The highest BCUT2D eigenvalue weighted by molar-refractivity contribution is 6.30. The molecule has 2 nitrogen and oxygen atoms in total. The lowest BCUT2D eigenvalue weighted by atomic mass is 9.51. The summed E-state index contributed by atoms with van der Waals surface area (Å²) in [6, 6.07) is 8.26. The maximum Gasteiger partial charge on any atom is 0.150 e. The van der Waals surface area contributed by atoms with Crippen molar-refractivity contribution in [1.29, 1.82) is 0 Å². The Bertz CT molecular complexity index is 641. The van der Waals surface area contributed by atoms with E-state index in [1.807, 2.05) is 12.1 Å². The molecule has 26 heavy (non-hydrogen) atoms. The number of benzene rings is 1. The molecule has 4 aliphatic carbocycles. The van der Waals surface area contributed by atoms with Crippen molar-refractivity contribution in [1.82, 2.24) is 4.90 Å². The lowest BCUT2D eigenvalue weighted by Crippen LogP contribution is -2.47. The largest absolute Gasteiger partial charge is 0.298 e. The molecule has 1 aliphatic heterocycles. The molecule has 0 unspecified atom stereocenters. The van der Waals surface area contributed by atoms with E-state index in [-0.39, 0.29) is 6.04 Å². The third-order valence-electron chi connectivity index (χ3n) is 7.89. The predicted octanol–water partition coefficient (Wildman–Crippen LogP) is 5.34. The van der Waals surface area contributed by atoms with Crippen molar-refractivity contribution < 1.29 is 4.79 Å². The van der Waals surface area contributed by atoms with E-state index in [9.17, 15) is 4.79 Å². The first-order valence-corrected chi connectivity index (χ1v) is 11.0. The first-order chi connectivity index (χ1) is 12.7. The van der Waals surface area contributed by atoms with E-state index in [2.05, 4.69) is 17.0 Å². The second-order valence-electron chi connectivity index (χ2n) is 9.52. The van der Waals surface area contributed by atoms with Crippen molar-refractivity contribution in [2.45, 2.75) is 64.0 Å². The molecule has 1 atom stereocenters. The van der Waals surface area contributed by atoms with Gasteiger partial charge in [0.05, 0.1) is 6.04 Å². The summed E-state index contributed by atoms with van der Waals surface area (Å²) in [6.45, 7) is 1.94. The second kappa shape index (κ2) is 6.95. The van der Waals surface area contributed by atoms with Crippen LogP contribution in [0.3, 0.4) is 0 Å². The minimum Gasteiger partial charge on any atom is -0.298 e. The first kappa shape index (κ1) is 17.3. The molecule has 3 heteroatoms. The molecule has 0 spiro atoms. The topological polar surface area (TPSA) is 20.3 Å². The van der Waals surface area contributed by atoms with Gasteiger partial charge in [0.2, 0.25) is 0 Å². The number of likely N-dealkylation sites (tertiary alicyclic amines) is 1. The highest BCUT2D eigenvalue weighted by Gasteiger charge is 2.49. The molecule has 5 aliphatic rings. The van der Waals surface area contributed by atoms with Crippen molar-refractivity contribution in [2.75, 3.05) is 6.54 Å². The van der Waals surface area contributed by atoms with Gasteiger partial charge in [0, 0.05) is 18.0 Å². The van der Waals surface area contributed by atoms with E-state index in [0.29, 0.717) is 11.7 Å². The predicted molar refractivity (Wildman–Crippen MR) is 105 cm³/mol. The standard InChI is InChI=1S/C23H30ClNO/c24-20-5-3-15(4-6-20)14-25-7-1-2-22(25)23(26)13-21-18-9-16-8-17(11-18)12-19(21)10-16/h3-6,16-19,21-22H,1-2,7-14H2/t16?,17?,18?,19?,21?,22-/m0/s1. The van der Waals surface area contributed by atoms with Crippen LogP contribution in [0.1, 0.15) is 56.9 Å². The number of carbonyl (C=O) groups excluding carboxylic acids is 1. The van der Waals surface area contributed by atoms with E-state index in [1.165, 1.54) is 37.7 Å². The van der Waals surface area contributed by atoms with Crippen molar-refractivity contribution in [3.05, 3.63) is 34.9 Å². The number of halogens is 1. The van der Waals surface area contributed by atoms with Crippen LogP contribution in [0.25, 0.3) is 0 Å². The summed E-state index contributed by atoms with van der Waals surface area (Å²) in [5.74, 6) is 4.96. The number of rotatable bonds is 5. The fourth-order valence-corrected chi connectivity index (χ4v) is 7.07. The summed E-state index contributed by atoms with van der Waals surface area (Å²) >= 11 is 6.01. The highest BCUT2D eigenvalue weighted by atomic mass is 35.5. The van der Waals surface area contributed by atoms with Crippen LogP contribution in [0.4, 0.5) is 0 Å². The average molecular weight is 372 g/mol. The summed E-state index contributed by atoms with van der Waals surface area (Å²) in [5, 5.41) is 0.782. The van der Waals surface area contributed by atoms with Crippen LogP contribution in [-0.4, -0.2) is 23.3 Å². The molecule has 4 bridgehead atoms. The van der Waals surface area contributed by atoms with E-state index in [4.69, 9.17) is 11.6 Å². The Morgan fingerprint density at radius 2 is 1.65 bits per heavy atom. The van der Waals surface area contributed by atoms with Gasteiger partial charge in [-0.3, -0.25) is 9.69 Å². The Hall–Kier alpha value is -0.860. The molecular weight excluding hydrogens is 342 g/mol. The van der Waals surface area contributed by atoms with Gasteiger partial charge in [0.15, 0.2) is 0 Å². The van der Waals surface area contributed by atoms with Crippen molar-refractivity contribution in [3.8, 4) is 0 Å². The van der Waals surface area contributed by atoms with E-state index in [0.717, 1.165) is 61.0 Å². The van der Waals surface area contributed by atoms with Crippen LogP contribution < -0.4 is 0 Å². The zero-order chi connectivity index (χ0) is 17.7. The van der Waals surface area contributed by atoms with Crippen LogP contribution in [0.5, 0.6) is 0 Å². The van der Waals surface area contributed by atoms with Crippen LogP contribution in [0, 0.1) is 29.6 Å². The Morgan fingerprint density at radius 1 is 1.00 bits per heavy atom. The van der Waals surface area contributed by atoms with Gasteiger partial charge < -0.3 is 0 Å². The van der Waals surface area contributed by atoms with Crippen molar-refractivity contribution in [3.63, 3.8) is 0 Å². The second-order valence-corrected chi connectivity index (χ2v) is 9.96. The smallest absolute Gasteiger partial charge is 0.150 e. The monoisotopic (exact) mass is 371 g/mol. The molecule has 1 aromatic rings. The summed E-state index contributed by atoms with van der Waals surface area (Å²) in [6.07, 6.45) is 10.2. The van der Waals surface area contributed by atoms with Crippen LogP contribution >= 0.6 is 11.6 Å². The molecule has 0 N–H and O–H groups in total. The van der Waals surface area contributed by atoms with Crippen LogP contribution in [-0.2, 0) is 11.3 Å². The van der Waals surface area contributed by atoms with Gasteiger partial charge >= 0.3 is 0 Å². The summed E-state index contributed by atoms with van der Waals surface area (Å²) in [5.41, 5.74) is 1.27. The van der Waals surface area contributed by atoms with Crippen LogP contribution in [0.2, 0.25) is 5.02 Å². The van der Waals surface area contributed by atoms with E-state index < -0.39 is 0 Å². The fraction of sp³-hybridized carbons (Fsp3) is 0.696. The number of ketones is 1. The first-order valence-electron chi connectivity index (χ1n) is 10.7. The quantitative estimate of drug-likeness (QED) is 0.696. The Labute approximate surface area is 162 Å². The molecule has 1 saturated heterocycles. The lowest BCUT2D eigenvalue weighted by molar-refractivity contribution is -0.128. The molecule has 4 saturated carbocycles. The molecule has 140 valence electrons. The Balaban J connectivity index is 1.24. The van der Waals surface area contributed by atoms with Gasteiger partial charge in [-0.2, -0.15) is 0 Å². The van der Waals surface area contributed by atoms with Gasteiger partial charge in [-0.15, -0.1) is 0 Å². The molecule has 0 amide bonds.